The van der Waals surface area contributed by atoms with Crippen molar-refractivity contribution in [3.63, 3.8) is 0 Å². The lowest BCUT2D eigenvalue weighted by atomic mass is 10.2. The topological polar surface area (TPSA) is 52.1 Å². The van der Waals surface area contributed by atoms with E-state index in [2.05, 4.69) is 51.4 Å². The summed E-state index contributed by atoms with van der Waals surface area (Å²) in [6.45, 7) is 14.1. The van der Waals surface area contributed by atoms with Crippen molar-refractivity contribution in [2.75, 3.05) is 59.5 Å². The van der Waals surface area contributed by atoms with Crippen LogP contribution in [0.2, 0.25) is 0 Å². The van der Waals surface area contributed by atoms with Crippen LogP contribution in [0, 0.1) is 0 Å². The molecule has 0 aromatic heterocycles. The summed E-state index contributed by atoms with van der Waals surface area (Å²) in [5.74, 6) is 1.77. The van der Waals surface area contributed by atoms with E-state index in [9.17, 15) is 0 Å². The van der Waals surface area contributed by atoms with Crippen molar-refractivity contribution in [2.24, 2.45) is 4.99 Å². The van der Waals surface area contributed by atoms with Crippen molar-refractivity contribution in [3.05, 3.63) is 29.8 Å². The Morgan fingerprint density at radius 2 is 1.68 bits per heavy atom. The largest absolute Gasteiger partial charge is 0.497 e. The minimum atomic E-state index is 0. The number of unbranched alkanes of at least 4 members (excludes halogenated alkanes) is 1. The van der Waals surface area contributed by atoms with E-state index in [-0.39, 0.29) is 24.0 Å². The molecule has 28 heavy (non-hydrogen) atoms. The Balaban J connectivity index is 0.00000392. The van der Waals surface area contributed by atoms with Crippen LogP contribution in [0.15, 0.2) is 29.3 Å². The second-order valence-corrected chi connectivity index (χ2v) is 6.95. The predicted molar refractivity (Wildman–Crippen MR) is 129 cm³/mol. The van der Waals surface area contributed by atoms with Crippen LogP contribution in [-0.4, -0.2) is 75.2 Å². The first-order valence-electron chi connectivity index (χ1n) is 10.3. The molecule has 0 unspecified atom stereocenters. The van der Waals surface area contributed by atoms with Gasteiger partial charge in [-0.25, -0.2) is 4.99 Å². The Kier molecular flexibility index (Phi) is 13.3. The zero-order valence-electron chi connectivity index (χ0n) is 17.7. The van der Waals surface area contributed by atoms with Crippen LogP contribution in [0.3, 0.4) is 0 Å². The van der Waals surface area contributed by atoms with Crippen LogP contribution < -0.4 is 15.4 Å². The summed E-state index contributed by atoms with van der Waals surface area (Å²) in [7, 11) is 1.69. The first-order chi connectivity index (χ1) is 13.2. The number of piperazine rings is 1. The summed E-state index contributed by atoms with van der Waals surface area (Å²) in [6.07, 6.45) is 2.40. The normalized spacial score (nSPS) is 15.8. The monoisotopic (exact) mass is 503 g/mol. The minimum absolute atomic E-state index is 0. The van der Waals surface area contributed by atoms with Crippen molar-refractivity contribution in [1.82, 2.24) is 20.4 Å². The fraction of sp³-hybridized carbons (Fsp3) is 0.667. The van der Waals surface area contributed by atoms with Gasteiger partial charge in [0.1, 0.15) is 5.75 Å². The molecule has 0 aliphatic carbocycles. The molecule has 0 radical (unpaired) electrons. The molecule has 1 heterocycles. The number of likely N-dealkylation sites (N-methyl/N-ethyl adjacent to an activating group) is 1. The summed E-state index contributed by atoms with van der Waals surface area (Å²) in [5.41, 5.74) is 1.18. The molecule has 1 aliphatic heterocycles. The van der Waals surface area contributed by atoms with Gasteiger partial charge in [0.15, 0.2) is 5.96 Å². The number of aliphatic imine (C=N–C) groups is 1. The van der Waals surface area contributed by atoms with Gasteiger partial charge < -0.3 is 25.2 Å². The molecule has 1 fully saturated rings. The molecule has 6 nitrogen and oxygen atoms in total. The van der Waals surface area contributed by atoms with Gasteiger partial charge in [-0.2, -0.15) is 0 Å². The van der Waals surface area contributed by atoms with E-state index in [1.54, 1.807) is 7.11 Å². The Hall–Kier alpha value is -1.06. The van der Waals surface area contributed by atoms with Gasteiger partial charge >= 0.3 is 0 Å². The fourth-order valence-corrected chi connectivity index (χ4v) is 3.24. The molecule has 160 valence electrons. The summed E-state index contributed by atoms with van der Waals surface area (Å²) >= 11 is 0. The van der Waals surface area contributed by atoms with E-state index in [1.165, 1.54) is 57.7 Å². The highest BCUT2D eigenvalue weighted by atomic mass is 127. The van der Waals surface area contributed by atoms with Crippen molar-refractivity contribution in [2.45, 2.75) is 33.2 Å². The van der Waals surface area contributed by atoms with E-state index in [1.807, 2.05) is 12.1 Å². The van der Waals surface area contributed by atoms with Crippen molar-refractivity contribution < 1.29 is 4.74 Å². The minimum Gasteiger partial charge on any atom is -0.497 e. The number of guanidine groups is 1. The molecule has 7 heteroatoms. The van der Waals surface area contributed by atoms with Crippen LogP contribution in [0.25, 0.3) is 0 Å². The van der Waals surface area contributed by atoms with Gasteiger partial charge in [-0.15, -0.1) is 24.0 Å². The number of ether oxygens (including phenoxy) is 1. The zero-order chi connectivity index (χ0) is 19.3. The highest BCUT2D eigenvalue weighted by molar-refractivity contribution is 14.0. The van der Waals surface area contributed by atoms with E-state index in [4.69, 9.17) is 4.74 Å². The Morgan fingerprint density at radius 1 is 1.00 bits per heavy atom. The number of hydrogen-bond donors (Lipinski definition) is 2. The number of halogens is 1. The van der Waals surface area contributed by atoms with Gasteiger partial charge in [-0.05, 0) is 50.6 Å². The second-order valence-electron chi connectivity index (χ2n) is 6.95. The molecule has 1 aromatic carbocycles. The molecule has 0 atom stereocenters. The average molecular weight is 503 g/mol. The van der Waals surface area contributed by atoms with Crippen LogP contribution in [0.5, 0.6) is 5.75 Å². The summed E-state index contributed by atoms with van der Waals surface area (Å²) in [4.78, 5) is 9.80. The quantitative estimate of drug-likeness (QED) is 0.223. The molecule has 0 amide bonds. The number of methoxy groups -OCH3 is 1. The average Bonchev–Trinajstić information content (AvgIpc) is 2.72. The molecular weight excluding hydrogens is 465 g/mol. The molecule has 0 bridgehead atoms. The van der Waals surface area contributed by atoms with Gasteiger partial charge in [0.05, 0.1) is 13.7 Å². The Morgan fingerprint density at radius 3 is 2.29 bits per heavy atom. The number of hydrogen-bond acceptors (Lipinski definition) is 4. The highest BCUT2D eigenvalue weighted by Gasteiger charge is 2.14. The summed E-state index contributed by atoms with van der Waals surface area (Å²) in [5, 5.41) is 6.78. The van der Waals surface area contributed by atoms with Gasteiger partial charge in [0.2, 0.25) is 0 Å². The maximum atomic E-state index is 5.20. The van der Waals surface area contributed by atoms with Crippen molar-refractivity contribution in [1.29, 1.82) is 0 Å². The number of benzene rings is 1. The third kappa shape index (κ3) is 9.43. The van der Waals surface area contributed by atoms with Crippen molar-refractivity contribution in [3.8, 4) is 5.75 Å². The molecule has 0 saturated carbocycles. The smallest absolute Gasteiger partial charge is 0.191 e. The maximum absolute atomic E-state index is 5.20. The number of nitrogens with one attached hydrogen (secondary N) is 2. The highest BCUT2D eigenvalue weighted by Crippen LogP contribution is 2.11. The first-order valence-corrected chi connectivity index (χ1v) is 10.3. The molecule has 1 aromatic rings. The Bertz CT molecular complexity index is 544. The summed E-state index contributed by atoms with van der Waals surface area (Å²) in [6, 6.07) is 8.07. The maximum Gasteiger partial charge on any atom is 0.191 e. The van der Waals surface area contributed by atoms with Crippen LogP contribution in [0.1, 0.15) is 32.3 Å². The zero-order valence-corrected chi connectivity index (χ0v) is 20.1. The third-order valence-electron chi connectivity index (χ3n) is 5.03. The second kappa shape index (κ2) is 14.9. The lowest BCUT2D eigenvalue weighted by molar-refractivity contribution is 0.136. The molecular formula is C21H38IN5O. The van der Waals surface area contributed by atoms with Gasteiger partial charge in [-0.3, -0.25) is 0 Å². The fourth-order valence-electron chi connectivity index (χ4n) is 3.24. The van der Waals surface area contributed by atoms with Crippen LogP contribution in [0.4, 0.5) is 0 Å². The van der Waals surface area contributed by atoms with E-state index in [0.717, 1.165) is 24.8 Å². The lowest BCUT2D eigenvalue weighted by Gasteiger charge is -2.34. The first kappa shape index (κ1) is 25.0. The Labute approximate surface area is 188 Å². The standard InChI is InChI=1S/C21H37N5O.HI/c1-4-22-21(24-18-19-8-10-20(27-3)11-9-19)23-12-6-7-13-26-16-14-25(5-2)15-17-26;/h8-11H,4-7,12-18H2,1-3H3,(H2,22,23,24);1H. The van der Waals surface area contributed by atoms with Gasteiger partial charge in [0, 0.05) is 39.3 Å². The SMILES string of the molecule is CCNC(=NCc1ccc(OC)cc1)NCCCCN1CCN(CC)CC1.I. The van der Waals surface area contributed by atoms with Gasteiger partial charge in [0.25, 0.3) is 0 Å². The van der Waals surface area contributed by atoms with Crippen molar-refractivity contribution >= 4 is 29.9 Å². The third-order valence-corrected chi connectivity index (χ3v) is 5.03. The van der Waals surface area contributed by atoms with Crippen LogP contribution >= 0.6 is 24.0 Å². The molecule has 2 N–H and O–H groups in total. The predicted octanol–water partition coefficient (Wildman–Crippen LogP) is 2.79. The van der Waals surface area contributed by atoms with E-state index in [0.29, 0.717) is 6.54 Å². The van der Waals surface area contributed by atoms with E-state index < -0.39 is 0 Å². The van der Waals surface area contributed by atoms with Gasteiger partial charge in [-0.1, -0.05) is 19.1 Å². The number of nitrogens with zero attached hydrogens (tertiary/aromatic N) is 3. The summed E-state index contributed by atoms with van der Waals surface area (Å²) < 4.78 is 5.20. The molecule has 0 spiro atoms. The number of rotatable bonds is 10. The molecule has 2 rings (SSSR count). The van der Waals surface area contributed by atoms with Crippen LogP contribution in [-0.2, 0) is 6.54 Å². The van der Waals surface area contributed by atoms with E-state index >= 15 is 0 Å². The molecule has 1 saturated heterocycles. The lowest BCUT2D eigenvalue weighted by Crippen LogP contribution is -2.46. The molecule has 1 aliphatic rings.